The van der Waals surface area contributed by atoms with Crippen LogP contribution in [0, 0.1) is 11.8 Å². The summed E-state index contributed by atoms with van der Waals surface area (Å²) in [4.78, 5) is 4.19. The van der Waals surface area contributed by atoms with Gasteiger partial charge >= 0.3 is 0 Å². The minimum Gasteiger partial charge on any atom is -0.490 e. The highest BCUT2D eigenvalue weighted by Gasteiger charge is 2.16. The van der Waals surface area contributed by atoms with Gasteiger partial charge in [0, 0.05) is 24.2 Å². The lowest BCUT2D eigenvalue weighted by atomic mass is 10.1. The molecule has 0 spiro atoms. The van der Waals surface area contributed by atoms with Gasteiger partial charge in [-0.2, -0.15) is 0 Å². The van der Waals surface area contributed by atoms with Gasteiger partial charge in [-0.25, -0.2) is 0 Å². The summed E-state index contributed by atoms with van der Waals surface area (Å²) in [5.74, 6) is 7.20. The Morgan fingerprint density at radius 3 is 3.00 bits per heavy atom. The second-order valence-electron chi connectivity index (χ2n) is 5.27. The number of ether oxygens (including phenoxy) is 1. The fraction of sp³-hybridized carbons (Fsp3) is 0.588. The van der Waals surface area contributed by atoms with Crippen LogP contribution in [0.4, 0.5) is 0 Å². The third kappa shape index (κ3) is 5.22. The summed E-state index contributed by atoms with van der Waals surface area (Å²) in [6, 6.07) is 2.48. The average molecular weight is 272 g/mol. The fourth-order valence-corrected chi connectivity index (χ4v) is 2.06. The first-order chi connectivity index (χ1) is 9.88. The van der Waals surface area contributed by atoms with Crippen molar-refractivity contribution in [2.24, 2.45) is 0 Å². The smallest absolute Gasteiger partial charge is 0.138 e. The Bertz CT molecular complexity index is 458. The molecule has 1 N–H and O–H groups in total. The maximum atomic E-state index is 5.72. The van der Waals surface area contributed by atoms with Gasteiger partial charge in [0.1, 0.15) is 12.4 Å². The number of rotatable bonds is 7. The van der Waals surface area contributed by atoms with E-state index in [0.717, 1.165) is 30.9 Å². The van der Waals surface area contributed by atoms with E-state index in [1.54, 1.807) is 12.4 Å². The van der Waals surface area contributed by atoms with Gasteiger partial charge in [0.25, 0.3) is 0 Å². The molecule has 2 rings (SSSR count). The van der Waals surface area contributed by atoms with Crippen LogP contribution in [-0.2, 0) is 0 Å². The molecule has 108 valence electrons. The van der Waals surface area contributed by atoms with Gasteiger partial charge in [-0.05, 0) is 25.5 Å². The maximum absolute atomic E-state index is 5.72. The Morgan fingerprint density at radius 2 is 2.25 bits per heavy atom. The number of unbranched alkanes of at least 4 members (excludes halogenated alkanes) is 4. The molecule has 1 aromatic rings. The van der Waals surface area contributed by atoms with Crippen molar-refractivity contribution in [2.75, 3.05) is 13.2 Å². The van der Waals surface area contributed by atoms with Crippen molar-refractivity contribution in [1.82, 2.24) is 10.3 Å². The zero-order chi connectivity index (χ0) is 14.0. The summed E-state index contributed by atoms with van der Waals surface area (Å²) in [6.07, 6.45) is 10.8. The molecule has 1 aliphatic rings. The van der Waals surface area contributed by atoms with Crippen LogP contribution in [0.15, 0.2) is 18.5 Å². The average Bonchev–Trinajstić information content (AvgIpc) is 2.41. The molecule has 20 heavy (non-hydrogen) atoms. The first-order valence-electron chi connectivity index (χ1n) is 7.68. The number of hydrogen-bond donors (Lipinski definition) is 1. The topological polar surface area (TPSA) is 34.1 Å². The van der Waals surface area contributed by atoms with Crippen molar-refractivity contribution in [2.45, 2.75) is 51.5 Å². The minimum atomic E-state index is 0.503. The summed E-state index contributed by atoms with van der Waals surface area (Å²) in [7, 11) is 0. The molecule has 1 aliphatic heterocycles. The SMILES string of the molecule is CCCCCCC#Cc1cncc(OCC2CCN2)c1. The Kier molecular flexibility index (Phi) is 6.40. The van der Waals surface area contributed by atoms with Crippen molar-refractivity contribution in [3.8, 4) is 17.6 Å². The number of aromatic nitrogens is 1. The Hall–Kier alpha value is -1.53. The summed E-state index contributed by atoms with van der Waals surface area (Å²) in [6.45, 7) is 4.05. The quantitative estimate of drug-likeness (QED) is 0.611. The van der Waals surface area contributed by atoms with Crippen molar-refractivity contribution in [1.29, 1.82) is 0 Å². The lowest BCUT2D eigenvalue weighted by Gasteiger charge is -2.27. The fourth-order valence-electron chi connectivity index (χ4n) is 2.06. The van der Waals surface area contributed by atoms with E-state index < -0.39 is 0 Å². The highest BCUT2D eigenvalue weighted by molar-refractivity contribution is 5.36. The van der Waals surface area contributed by atoms with E-state index in [9.17, 15) is 0 Å². The summed E-state index contributed by atoms with van der Waals surface area (Å²) < 4.78 is 5.72. The monoisotopic (exact) mass is 272 g/mol. The van der Waals surface area contributed by atoms with Gasteiger partial charge in [-0.1, -0.05) is 38.0 Å². The van der Waals surface area contributed by atoms with Gasteiger partial charge in [0.05, 0.1) is 6.20 Å². The van der Waals surface area contributed by atoms with E-state index in [1.807, 2.05) is 6.07 Å². The predicted octanol–water partition coefficient (Wildman–Crippen LogP) is 3.14. The molecule has 1 saturated heterocycles. The molecule has 3 nitrogen and oxygen atoms in total. The molecule has 0 aliphatic carbocycles. The van der Waals surface area contributed by atoms with Gasteiger partial charge in [-0.3, -0.25) is 4.98 Å². The number of nitrogens with one attached hydrogen (secondary N) is 1. The van der Waals surface area contributed by atoms with E-state index >= 15 is 0 Å². The van der Waals surface area contributed by atoms with Gasteiger partial charge < -0.3 is 10.1 Å². The molecule has 0 aromatic carbocycles. The molecule has 2 heterocycles. The summed E-state index contributed by atoms with van der Waals surface area (Å²) >= 11 is 0. The second-order valence-corrected chi connectivity index (χ2v) is 5.27. The molecule has 0 saturated carbocycles. The van der Waals surface area contributed by atoms with E-state index in [0.29, 0.717) is 6.04 Å². The molecular weight excluding hydrogens is 248 g/mol. The van der Waals surface area contributed by atoms with Crippen LogP contribution in [-0.4, -0.2) is 24.2 Å². The van der Waals surface area contributed by atoms with Crippen molar-refractivity contribution >= 4 is 0 Å². The van der Waals surface area contributed by atoms with E-state index in [4.69, 9.17) is 4.74 Å². The summed E-state index contributed by atoms with van der Waals surface area (Å²) in [5, 5.41) is 3.32. The van der Waals surface area contributed by atoms with Crippen LogP contribution in [0.5, 0.6) is 5.75 Å². The molecule has 0 bridgehead atoms. The van der Waals surface area contributed by atoms with Crippen molar-refractivity contribution in [3.63, 3.8) is 0 Å². The third-order valence-corrected chi connectivity index (χ3v) is 3.48. The normalized spacial score (nSPS) is 16.9. The van der Waals surface area contributed by atoms with Gasteiger partial charge in [-0.15, -0.1) is 0 Å². The lowest BCUT2D eigenvalue weighted by molar-refractivity contribution is 0.217. The third-order valence-electron chi connectivity index (χ3n) is 3.48. The number of nitrogens with zero attached hydrogens (tertiary/aromatic N) is 1. The summed E-state index contributed by atoms with van der Waals surface area (Å²) in [5.41, 5.74) is 0.944. The van der Waals surface area contributed by atoms with Crippen LogP contribution < -0.4 is 10.1 Å². The van der Waals surface area contributed by atoms with Gasteiger partial charge in [0.2, 0.25) is 0 Å². The molecule has 0 radical (unpaired) electrons. The molecule has 3 heteroatoms. The maximum Gasteiger partial charge on any atom is 0.138 e. The minimum absolute atomic E-state index is 0.503. The first kappa shape index (κ1) is 14.9. The molecule has 0 amide bonds. The standard InChI is InChI=1S/C17H24N2O/c1-2-3-4-5-6-7-8-15-11-17(13-18-12-15)20-14-16-9-10-19-16/h11-13,16,19H,2-6,9-10,14H2,1H3. The molecule has 1 aromatic heterocycles. The highest BCUT2D eigenvalue weighted by atomic mass is 16.5. The molecule has 1 fully saturated rings. The Labute approximate surface area is 122 Å². The van der Waals surface area contributed by atoms with Crippen LogP contribution in [0.25, 0.3) is 0 Å². The molecule has 1 unspecified atom stereocenters. The largest absolute Gasteiger partial charge is 0.490 e. The number of hydrogen-bond acceptors (Lipinski definition) is 3. The van der Waals surface area contributed by atoms with E-state index in [-0.39, 0.29) is 0 Å². The van der Waals surface area contributed by atoms with Crippen LogP contribution in [0.3, 0.4) is 0 Å². The highest BCUT2D eigenvalue weighted by Crippen LogP contribution is 2.12. The predicted molar refractivity (Wildman–Crippen MR) is 81.8 cm³/mol. The lowest BCUT2D eigenvalue weighted by Crippen LogP contribution is -2.46. The zero-order valence-electron chi connectivity index (χ0n) is 12.3. The van der Waals surface area contributed by atoms with Gasteiger partial charge in [0.15, 0.2) is 0 Å². The second kappa shape index (κ2) is 8.60. The first-order valence-corrected chi connectivity index (χ1v) is 7.68. The van der Waals surface area contributed by atoms with Crippen LogP contribution in [0.1, 0.15) is 51.0 Å². The van der Waals surface area contributed by atoms with E-state index in [1.165, 1.54) is 32.1 Å². The van der Waals surface area contributed by atoms with E-state index in [2.05, 4.69) is 29.1 Å². The molecule has 1 atom stereocenters. The Morgan fingerprint density at radius 1 is 1.35 bits per heavy atom. The molecular formula is C17H24N2O. The zero-order valence-corrected chi connectivity index (χ0v) is 12.3. The number of pyridine rings is 1. The van der Waals surface area contributed by atoms with Crippen LogP contribution in [0.2, 0.25) is 0 Å². The van der Waals surface area contributed by atoms with Crippen LogP contribution >= 0.6 is 0 Å². The van der Waals surface area contributed by atoms with Crippen molar-refractivity contribution in [3.05, 3.63) is 24.0 Å². The van der Waals surface area contributed by atoms with Crippen molar-refractivity contribution < 1.29 is 4.74 Å². The Balaban J connectivity index is 1.75.